The van der Waals surface area contributed by atoms with E-state index >= 15 is 0 Å². The summed E-state index contributed by atoms with van der Waals surface area (Å²) in [6.07, 6.45) is 4.79. The van der Waals surface area contributed by atoms with Crippen molar-refractivity contribution in [1.29, 1.82) is 0 Å². The number of anilines is 1. The summed E-state index contributed by atoms with van der Waals surface area (Å²) in [7, 11) is 0. The second-order valence-corrected chi connectivity index (χ2v) is 4.88. The number of rotatable bonds is 5. The second-order valence-electron chi connectivity index (χ2n) is 4.88. The van der Waals surface area contributed by atoms with Crippen molar-refractivity contribution in [3.05, 3.63) is 29.8 Å². The minimum absolute atomic E-state index is 0.777. The van der Waals surface area contributed by atoms with Gasteiger partial charge in [0.05, 0.1) is 0 Å². The highest BCUT2D eigenvalue weighted by Gasteiger charge is 2.12. The Hall–Kier alpha value is -1.02. The third-order valence-electron chi connectivity index (χ3n) is 3.43. The monoisotopic (exact) mass is 233 g/mol. The fourth-order valence-electron chi connectivity index (χ4n) is 2.29. The summed E-state index contributed by atoms with van der Waals surface area (Å²) in [5.41, 5.74) is 2.68. The van der Waals surface area contributed by atoms with E-state index in [2.05, 4.69) is 36.5 Å². The molecule has 94 valence electrons. The van der Waals surface area contributed by atoms with Gasteiger partial charge in [0.2, 0.25) is 0 Å². The average Bonchev–Trinajstić information content (AvgIpc) is 2.40. The molecule has 1 saturated heterocycles. The standard InChI is InChI=1S/C15H23NO/c1-2-3-13-4-6-15(7-5-13)16-12-14-8-10-17-11-9-14/h4-7,14,16H,2-3,8-12H2,1H3. The average molecular weight is 233 g/mol. The van der Waals surface area contributed by atoms with Crippen LogP contribution in [-0.2, 0) is 11.2 Å². The molecule has 1 aliphatic heterocycles. The molecular weight excluding hydrogens is 210 g/mol. The van der Waals surface area contributed by atoms with E-state index in [1.165, 1.54) is 36.9 Å². The minimum atomic E-state index is 0.777. The predicted octanol–water partition coefficient (Wildman–Crippen LogP) is 3.48. The van der Waals surface area contributed by atoms with Crippen LogP contribution in [0.3, 0.4) is 0 Å². The first-order valence-corrected chi connectivity index (χ1v) is 6.79. The molecule has 1 N–H and O–H groups in total. The first-order chi connectivity index (χ1) is 8.38. The van der Waals surface area contributed by atoms with Gasteiger partial charge in [-0.05, 0) is 42.9 Å². The molecule has 0 saturated carbocycles. The van der Waals surface area contributed by atoms with Crippen molar-refractivity contribution in [3.63, 3.8) is 0 Å². The Labute approximate surface area is 104 Å². The minimum Gasteiger partial charge on any atom is -0.385 e. The first kappa shape index (κ1) is 12.4. The van der Waals surface area contributed by atoms with Crippen LogP contribution in [-0.4, -0.2) is 19.8 Å². The van der Waals surface area contributed by atoms with Crippen LogP contribution < -0.4 is 5.32 Å². The lowest BCUT2D eigenvalue weighted by molar-refractivity contribution is 0.0699. The summed E-state index contributed by atoms with van der Waals surface area (Å²) in [5, 5.41) is 3.53. The van der Waals surface area contributed by atoms with E-state index in [0.29, 0.717) is 0 Å². The molecule has 1 aromatic rings. The van der Waals surface area contributed by atoms with Crippen LogP contribution in [0.15, 0.2) is 24.3 Å². The highest BCUT2D eigenvalue weighted by molar-refractivity contribution is 5.44. The van der Waals surface area contributed by atoms with Gasteiger partial charge in [0.1, 0.15) is 0 Å². The van der Waals surface area contributed by atoms with Crippen LogP contribution in [0.1, 0.15) is 31.7 Å². The van der Waals surface area contributed by atoms with Crippen LogP contribution in [0.25, 0.3) is 0 Å². The number of nitrogens with one attached hydrogen (secondary N) is 1. The number of hydrogen-bond acceptors (Lipinski definition) is 2. The highest BCUT2D eigenvalue weighted by Crippen LogP contribution is 2.17. The number of aryl methyl sites for hydroxylation is 1. The molecule has 0 unspecified atom stereocenters. The Balaban J connectivity index is 1.77. The lowest BCUT2D eigenvalue weighted by Gasteiger charge is -2.22. The van der Waals surface area contributed by atoms with Gasteiger partial charge in [0, 0.05) is 25.4 Å². The van der Waals surface area contributed by atoms with E-state index < -0.39 is 0 Å². The summed E-state index contributed by atoms with van der Waals surface area (Å²) in [4.78, 5) is 0. The van der Waals surface area contributed by atoms with Crippen molar-refractivity contribution in [2.75, 3.05) is 25.1 Å². The van der Waals surface area contributed by atoms with Crippen molar-refractivity contribution in [3.8, 4) is 0 Å². The van der Waals surface area contributed by atoms with Crippen molar-refractivity contribution in [2.45, 2.75) is 32.6 Å². The van der Waals surface area contributed by atoms with Gasteiger partial charge in [-0.3, -0.25) is 0 Å². The van der Waals surface area contributed by atoms with Crippen LogP contribution in [0, 0.1) is 5.92 Å². The Morgan fingerprint density at radius 2 is 1.88 bits per heavy atom. The Kier molecular flexibility index (Phi) is 4.87. The molecule has 0 amide bonds. The van der Waals surface area contributed by atoms with Crippen molar-refractivity contribution >= 4 is 5.69 Å². The molecule has 1 heterocycles. The maximum Gasteiger partial charge on any atom is 0.0469 e. The molecule has 0 spiro atoms. The fraction of sp³-hybridized carbons (Fsp3) is 0.600. The van der Waals surface area contributed by atoms with Crippen LogP contribution in [0.4, 0.5) is 5.69 Å². The summed E-state index contributed by atoms with van der Waals surface area (Å²) >= 11 is 0. The number of benzene rings is 1. The molecule has 0 aromatic heterocycles. The normalized spacial score (nSPS) is 17.0. The summed E-state index contributed by atoms with van der Waals surface area (Å²) in [6.45, 7) is 5.16. The van der Waals surface area contributed by atoms with Gasteiger partial charge in [-0.15, -0.1) is 0 Å². The zero-order valence-electron chi connectivity index (χ0n) is 10.7. The molecule has 0 atom stereocenters. The highest BCUT2D eigenvalue weighted by atomic mass is 16.5. The Bertz CT molecular complexity index is 314. The van der Waals surface area contributed by atoms with Crippen molar-refractivity contribution < 1.29 is 4.74 Å². The zero-order valence-corrected chi connectivity index (χ0v) is 10.7. The predicted molar refractivity (Wildman–Crippen MR) is 72.5 cm³/mol. The van der Waals surface area contributed by atoms with Crippen LogP contribution >= 0.6 is 0 Å². The van der Waals surface area contributed by atoms with Crippen molar-refractivity contribution in [1.82, 2.24) is 0 Å². The number of hydrogen-bond donors (Lipinski definition) is 1. The molecule has 2 rings (SSSR count). The largest absolute Gasteiger partial charge is 0.385 e. The lowest BCUT2D eigenvalue weighted by Crippen LogP contribution is -2.22. The summed E-state index contributed by atoms with van der Waals surface area (Å²) in [6, 6.07) is 8.86. The molecule has 0 bridgehead atoms. The molecule has 1 aromatic carbocycles. The lowest BCUT2D eigenvalue weighted by atomic mass is 10.0. The molecular formula is C15H23NO. The Morgan fingerprint density at radius 3 is 2.53 bits per heavy atom. The van der Waals surface area contributed by atoms with Gasteiger partial charge in [-0.1, -0.05) is 25.5 Å². The summed E-state index contributed by atoms with van der Waals surface area (Å²) < 4.78 is 5.37. The molecule has 1 aliphatic rings. The van der Waals surface area contributed by atoms with E-state index in [-0.39, 0.29) is 0 Å². The van der Waals surface area contributed by atoms with Gasteiger partial charge in [-0.2, -0.15) is 0 Å². The van der Waals surface area contributed by atoms with Gasteiger partial charge in [-0.25, -0.2) is 0 Å². The maximum absolute atomic E-state index is 5.37. The zero-order chi connectivity index (χ0) is 11.9. The van der Waals surface area contributed by atoms with Gasteiger partial charge < -0.3 is 10.1 Å². The summed E-state index contributed by atoms with van der Waals surface area (Å²) in [5.74, 6) is 0.777. The van der Waals surface area contributed by atoms with Gasteiger partial charge in [0.25, 0.3) is 0 Å². The molecule has 0 radical (unpaired) electrons. The fourth-order valence-corrected chi connectivity index (χ4v) is 2.29. The molecule has 2 heteroatoms. The molecule has 2 nitrogen and oxygen atoms in total. The SMILES string of the molecule is CCCc1ccc(NCC2CCOCC2)cc1. The quantitative estimate of drug-likeness (QED) is 0.840. The maximum atomic E-state index is 5.37. The molecule has 17 heavy (non-hydrogen) atoms. The smallest absolute Gasteiger partial charge is 0.0469 e. The van der Waals surface area contributed by atoms with Crippen LogP contribution in [0.2, 0.25) is 0 Å². The van der Waals surface area contributed by atoms with Gasteiger partial charge in [0.15, 0.2) is 0 Å². The van der Waals surface area contributed by atoms with Crippen molar-refractivity contribution in [2.24, 2.45) is 5.92 Å². The van der Waals surface area contributed by atoms with E-state index in [1.54, 1.807) is 0 Å². The Morgan fingerprint density at radius 1 is 1.18 bits per heavy atom. The van der Waals surface area contributed by atoms with E-state index in [9.17, 15) is 0 Å². The van der Waals surface area contributed by atoms with Gasteiger partial charge >= 0.3 is 0 Å². The molecule has 0 aliphatic carbocycles. The van der Waals surface area contributed by atoms with E-state index in [0.717, 1.165) is 25.7 Å². The second kappa shape index (κ2) is 6.65. The topological polar surface area (TPSA) is 21.3 Å². The molecule has 1 fully saturated rings. The third kappa shape index (κ3) is 4.04. The third-order valence-corrected chi connectivity index (χ3v) is 3.43. The van der Waals surface area contributed by atoms with E-state index in [1.807, 2.05) is 0 Å². The first-order valence-electron chi connectivity index (χ1n) is 6.79. The van der Waals surface area contributed by atoms with Crippen LogP contribution in [0.5, 0.6) is 0 Å². The number of ether oxygens (including phenoxy) is 1. The van der Waals surface area contributed by atoms with E-state index in [4.69, 9.17) is 4.74 Å².